The van der Waals surface area contributed by atoms with Crippen molar-refractivity contribution in [3.05, 3.63) is 73.2 Å². The standard InChI is InChI=1S/C19H17IN2O2/c1-3-16-13(2)22-19(23)17(20)18(16)24-15-10-7-9-14(12-15)8-5-4-6-11-21/h4-10,12H,3H2,1-2H3,(H,22,23)/b6-4+,8-5+. The van der Waals surface area contributed by atoms with Crippen LogP contribution in [-0.2, 0) is 6.42 Å². The third-order valence-electron chi connectivity index (χ3n) is 3.43. The van der Waals surface area contributed by atoms with Crippen LogP contribution in [0.4, 0.5) is 0 Å². The molecule has 0 amide bonds. The van der Waals surface area contributed by atoms with Gasteiger partial charge < -0.3 is 9.72 Å². The van der Waals surface area contributed by atoms with Gasteiger partial charge in [0.25, 0.3) is 5.56 Å². The normalized spacial score (nSPS) is 11.1. The molecule has 0 saturated carbocycles. The maximum atomic E-state index is 12.0. The predicted molar refractivity (Wildman–Crippen MR) is 104 cm³/mol. The van der Waals surface area contributed by atoms with Crippen LogP contribution in [-0.4, -0.2) is 4.98 Å². The number of hydrogen-bond donors (Lipinski definition) is 1. The van der Waals surface area contributed by atoms with E-state index in [0.29, 0.717) is 15.1 Å². The summed E-state index contributed by atoms with van der Waals surface area (Å²) in [6.07, 6.45) is 7.53. The summed E-state index contributed by atoms with van der Waals surface area (Å²) in [5.74, 6) is 1.28. The molecule has 0 bridgehead atoms. The van der Waals surface area contributed by atoms with Crippen molar-refractivity contribution in [1.82, 2.24) is 4.98 Å². The topological polar surface area (TPSA) is 65.9 Å². The first kappa shape index (κ1) is 18.0. The van der Waals surface area contributed by atoms with Gasteiger partial charge in [0.15, 0.2) is 5.75 Å². The third-order valence-corrected chi connectivity index (χ3v) is 4.41. The van der Waals surface area contributed by atoms with Gasteiger partial charge >= 0.3 is 0 Å². The Morgan fingerprint density at radius 2 is 2.17 bits per heavy atom. The summed E-state index contributed by atoms with van der Waals surface area (Å²) in [5, 5.41) is 8.47. The number of aryl methyl sites for hydroxylation is 1. The Balaban J connectivity index is 2.36. The third kappa shape index (κ3) is 4.36. The van der Waals surface area contributed by atoms with Crippen molar-refractivity contribution in [3.63, 3.8) is 0 Å². The minimum absolute atomic E-state index is 0.141. The van der Waals surface area contributed by atoms with E-state index in [1.54, 1.807) is 12.2 Å². The molecule has 0 radical (unpaired) electrons. The van der Waals surface area contributed by atoms with Crippen LogP contribution in [0.15, 0.2) is 47.3 Å². The fourth-order valence-corrected chi connectivity index (χ4v) is 2.87. The van der Waals surface area contributed by atoms with Crippen molar-refractivity contribution in [2.24, 2.45) is 0 Å². The van der Waals surface area contributed by atoms with Gasteiger partial charge in [-0.05, 0) is 53.6 Å². The van der Waals surface area contributed by atoms with E-state index in [-0.39, 0.29) is 5.56 Å². The van der Waals surface area contributed by atoms with E-state index < -0.39 is 0 Å². The van der Waals surface area contributed by atoms with Gasteiger partial charge in [-0.1, -0.05) is 37.3 Å². The smallest absolute Gasteiger partial charge is 0.265 e. The first-order valence-electron chi connectivity index (χ1n) is 7.48. The maximum Gasteiger partial charge on any atom is 0.265 e. The number of halogens is 1. The lowest BCUT2D eigenvalue weighted by Gasteiger charge is -2.14. The first-order chi connectivity index (χ1) is 11.6. The molecule has 0 fully saturated rings. The zero-order chi connectivity index (χ0) is 17.5. The van der Waals surface area contributed by atoms with Crippen molar-refractivity contribution in [2.45, 2.75) is 20.3 Å². The fourth-order valence-electron chi connectivity index (χ4n) is 2.30. The summed E-state index contributed by atoms with van der Waals surface area (Å²) in [6, 6.07) is 9.52. The minimum atomic E-state index is -0.141. The Bertz CT molecular complexity index is 889. The summed E-state index contributed by atoms with van der Waals surface area (Å²) in [4.78, 5) is 14.8. The zero-order valence-electron chi connectivity index (χ0n) is 13.5. The molecule has 0 aliphatic heterocycles. The van der Waals surface area contributed by atoms with Gasteiger partial charge in [0.2, 0.25) is 0 Å². The number of nitriles is 1. The summed E-state index contributed by atoms with van der Waals surface area (Å²) in [6.45, 7) is 3.91. The molecule has 0 spiro atoms. The van der Waals surface area contributed by atoms with Crippen LogP contribution in [0.25, 0.3) is 6.08 Å². The number of hydrogen-bond acceptors (Lipinski definition) is 3. The fraction of sp³-hybridized carbons (Fsp3) is 0.158. The molecule has 1 aromatic carbocycles. The number of benzene rings is 1. The number of aromatic nitrogens is 1. The molecule has 0 aliphatic carbocycles. The van der Waals surface area contributed by atoms with Crippen LogP contribution in [0.5, 0.6) is 11.5 Å². The molecular weight excluding hydrogens is 415 g/mol. The van der Waals surface area contributed by atoms with E-state index in [1.165, 1.54) is 6.08 Å². The highest BCUT2D eigenvalue weighted by atomic mass is 127. The molecule has 4 nitrogen and oxygen atoms in total. The summed E-state index contributed by atoms with van der Waals surface area (Å²) >= 11 is 2.02. The Kier molecular flexibility index (Phi) is 6.38. The van der Waals surface area contributed by atoms with Gasteiger partial charge in [-0.25, -0.2) is 0 Å². The van der Waals surface area contributed by atoms with Crippen molar-refractivity contribution in [3.8, 4) is 17.6 Å². The Labute approximate surface area is 154 Å². The van der Waals surface area contributed by atoms with E-state index in [9.17, 15) is 4.79 Å². The number of nitrogens with one attached hydrogen (secondary N) is 1. The van der Waals surface area contributed by atoms with E-state index in [1.807, 2.05) is 72.8 Å². The van der Waals surface area contributed by atoms with Gasteiger partial charge in [0.1, 0.15) is 9.32 Å². The number of H-pyrrole nitrogens is 1. The summed E-state index contributed by atoms with van der Waals surface area (Å²) in [7, 11) is 0. The molecular formula is C19H17IN2O2. The lowest BCUT2D eigenvalue weighted by atomic mass is 10.1. The lowest BCUT2D eigenvalue weighted by molar-refractivity contribution is 0.470. The van der Waals surface area contributed by atoms with Gasteiger partial charge in [-0.3, -0.25) is 4.79 Å². The molecule has 0 saturated heterocycles. The second kappa shape index (κ2) is 8.50. The number of pyridine rings is 1. The van der Waals surface area contributed by atoms with Crippen LogP contribution in [0, 0.1) is 21.8 Å². The Morgan fingerprint density at radius 3 is 2.88 bits per heavy atom. The molecule has 24 heavy (non-hydrogen) atoms. The van der Waals surface area contributed by atoms with Gasteiger partial charge in [0.05, 0.1) is 6.07 Å². The molecule has 5 heteroatoms. The van der Waals surface area contributed by atoms with Crippen LogP contribution in [0.1, 0.15) is 23.7 Å². The first-order valence-corrected chi connectivity index (χ1v) is 8.56. The van der Waals surface area contributed by atoms with E-state index in [4.69, 9.17) is 10.00 Å². The average molecular weight is 432 g/mol. The number of aromatic amines is 1. The number of nitrogens with zero attached hydrogens (tertiary/aromatic N) is 1. The van der Waals surface area contributed by atoms with Gasteiger partial charge in [-0.15, -0.1) is 0 Å². The molecule has 0 atom stereocenters. The molecule has 1 heterocycles. The lowest BCUT2D eigenvalue weighted by Crippen LogP contribution is -2.15. The minimum Gasteiger partial charge on any atom is -0.456 e. The van der Waals surface area contributed by atoms with E-state index >= 15 is 0 Å². The SMILES string of the molecule is CCc1c(C)[nH]c(=O)c(I)c1Oc1cccc(/C=C/C=C/C#N)c1. The Hall–Kier alpha value is -2.33. The van der Waals surface area contributed by atoms with Crippen molar-refractivity contribution < 1.29 is 4.74 Å². The highest BCUT2D eigenvalue weighted by molar-refractivity contribution is 14.1. The van der Waals surface area contributed by atoms with Crippen molar-refractivity contribution in [1.29, 1.82) is 5.26 Å². The molecule has 0 unspecified atom stereocenters. The van der Waals surface area contributed by atoms with Gasteiger partial charge in [0, 0.05) is 17.3 Å². The van der Waals surface area contributed by atoms with E-state index in [0.717, 1.165) is 23.2 Å². The zero-order valence-corrected chi connectivity index (χ0v) is 15.6. The highest BCUT2D eigenvalue weighted by Crippen LogP contribution is 2.30. The van der Waals surface area contributed by atoms with Crippen molar-refractivity contribution in [2.75, 3.05) is 0 Å². The molecule has 1 N–H and O–H groups in total. The molecule has 1 aromatic heterocycles. The molecule has 2 rings (SSSR count). The second-order valence-corrected chi connectivity index (χ2v) is 6.15. The Morgan fingerprint density at radius 1 is 1.38 bits per heavy atom. The predicted octanol–water partition coefficient (Wildman–Crippen LogP) is 4.74. The maximum absolute atomic E-state index is 12.0. The van der Waals surface area contributed by atoms with Crippen LogP contribution >= 0.6 is 22.6 Å². The molecule has 2 aromatic rings. The largest absolute Gasteiger partial charge is 0.456 e. The molecule has 122 valence electrons. The van der Waals surface area contributed by atoms with E-state index in [2.05, 4.69) is 4.98 Å². The average Bonchev–Trinajstić information content (AvgIpc) is 2.57. The number of ether oxygens (including phenoxy) is 1. The summed E-state index contributed by atoms with van der Waals surface area (Å²) < 4.78 is 6.58. The monoisotopic (exact) mass is 432 g/mol. The van der Waals surface area contributed by atoms with Crippen LogP contribution in [0.2, 0.25) is 0 Å². The van der Waals surface area contributed by atoms with Gasteiger partial charge in [-0.2, -0.15) is 5.26 Å². The van der Waals surface area contributed by atoms with Crippen LogP contribution in [0.3, 0.4) is 0 Å². The highest BCUT2D eigenvalue weighted by Gasteiger charge is 2.15. The number of rotatable bonds is 5. The summed E-state index contributed by atoms with van der Waals surface area (Å²) in [5.41, 5.74) is 2.63. The van der Waals surface area contributed by atoms with Crippen molar-refractivity contribution >= 4 is 28.7 Å². The van der Waals surface area contributed by atoms with Crippen LogP contribution < -0.4 is 10.3 Å². The number of allylic oxidation sites excluding steroid dienone is 3. The second-order valence-electron chi connectivity index (χ2n) is 5.08. The molecule has 0 aliphatic rings. The quantitative estimate of drug-likeness (QED) is 0.422.